The topological polar surface area (TPSA) is 69.7 Å². The number of benzene rings is 1. The molecule has 1 amide bonds. The summed E-state index contributed by atoms with van der Waals surface area (Å²) in [7, 11) is -3.24. The second kappa shape index (κ2) is 8.61. The van der Waals surface area contributed by atoms with Gasteiger partial charge >= 0.3 is 0 Å². The molecule has 0 aliphatic carbocycles. The number of hydrogen-bond donors (Lipinski definition) is 1. The summed E-state index contributed by atoms with van der Waals surface area (Å²) in [6.07, 6.45) is 6.48. The lowest BCUT2D eigenvalue weighted by molar-refractivity contribution is -0.126. The van der Waals surface area contributed by atoms with Crippen LogP contribution < -0.4 is 10.2 Å². The quantitative estimate of drug-likeness (QED) is 0.835. The third kappa shape index (κ3) is 5.23. The Kier molecular flexibility index (Phi) is 6.42. The highest BCUT2D eigenvalue weighted by atomic mass is 32.2. The predicted molar refractivity (Wildman–Crippen MR) is 108 cm³/mol. The van der Waals surface area contributed by atoms with Crippen LogP contribution in [-0.4, -0.2) is 51.1 Å². The maximum atomic E-state index is 12.6. The smallest absolute Gasteiger partial charge is 0.224 e. The van der Waals surface area contributed by atoms with Gasteiger partial charge in [0.2, 0.25) is 15.9 Å². The van der Waals surface area contributed by atoms with E-state index in [0.29, 0.717) is 6.54 Å². The molecule has 0 radical (unpaired) electrons. The van der Waals surface area contributed by atoms with Crippen molar-refractivity contribution in [2.24, 2.45) is 5.92 Å². The van der Waals surface area contributed by atoms with E-state index in [1.54, 1.807) is 0 Å². The lowest BCUT2D eigenvalue weighted by Gasteiger charge is -2.31. The number of piperidine rings is 2. The first-order valence-electron chi connectivity index (χ1n) is 9.95. The Hall–Kier alpha value is -1.60. The number of nitrogens with zero attached hydrogens (tertiary/aromatic N) is 2. The zero-order valence-electron chi connectivity index (χ0n) is 16.4. The van der Waals surface area contributed by atoms with E-state index < -0.39 is 10.0 Å². The molecule has 0 unspecified atom stereocenters. The van der Waals surface area contributed by atoms with Crippen molar-refractivity contribution in [2.45, 2.75) is 45.1 Å². The minimum Gasteiger partial charge on any atom is -0.372 e. The zero-order chi connectivity index (χ0) is 19.4. The van der Waals surface area contributed by atoms with Crippen LogP contribution in [-0.2, 0) is 14.8 Å². The van der Waals surface area contributed by atoms with Crippen LogP contribution in [0.3, 0.4) is 0 Å². The molecule has 2 atom stereocenters. The molecule has 6 nitrogen and oxygen atoms in total. The summed E-state index contributed by atoms with van der Waals surface area (Å²) in [6.45, 7) is 5.00. The van der Waals surface area contributed by atoms with Crippen LogP contribution in [0.2, 0.25) is 0 Å². The van der Waals surface area contributed by atoms with Crippen molar-refractivity contribution < 1.29 is 13.2 Å². The van der Waals surface area contributed by atoms with Crippen LogP contribution in [0.5, 0.6) is 0 Å². The van der Waals surface area contributed by atoms with Gasteiger partial charge in [-0.2, -0.15) is 0 Å². The van der Waals surface area contributed by atoms with Gasteiger partial charge in [0.15, 0.2) is 0 Å². The van der Waals surface area contributed by atoms with Crippen LogP contribution in [0.15, 0.2) is 24.3 Å². The Morgan fingerprint density at radius 2 is 1.74 bits per heavy atom. The van der Waals surface area contributed by atoms with Crippen LogP contribution in [0.4, 0.5) is 5.69 Å². The predicted octanol–water partition coefficient (Wildman–Crippen LogP) is 2.53. The van der Waals surface area contributed by atoms with Gasteiger partial charge < -0.3 is 10.2 Å². The number of amides is 1. The van der Waals surface area contributed by atoms with E-state index in [0.717, 1.165) is 31.5 Å². The average molecular weight is 394 g/mol. The van der Waals surface area contributed by atoms with Crippen molar-refractivity contribution in [3.8, 4) is 0 Å². The fourth-order valence-electron chi connectivity index (χ4n) is 4.00. The first-order chi connectivity index (χ1) is 12.8. The lowest BCUT2D eigenvalue weighted by Crippen LogP contribution is -2.45. The summed E-state index contributed by atoms with van der Waals surface area (Å²) < 4.78 is 24.9. The van der Waals surface area contributed by atoms with Crippen molar-refractivity contribution in [1.29, 1.82) is 0 Å². The van der Waals surface area contributed by atoms with Crippen molar-refractivity contribution in [3.63, 3.8) is 0 Å². The molecule has 3 rings (SSSR count). The molecule has 27 heavy (non-hydrogen) atoms. The van der Waals surface area contributed by atoms with Gasteiger partial charge in [0.05, 0.1) is 18.2 Å². The molecule has 1 aromatic rings. The average Bonchev–Trinajstić information content (AvgIpc) is 2.68. The van der Waals surface area contributed by atoms with Gasteiger partial charge in [0.25, 0.3) is 0 Å². The number of sulfonamides is 1. The summed E-state index contributed by atoms with van der Waals surface area (Å²) in [6, 6.07) is 8.34. The molecular weight excluding hydrogens is 362 g/mol. The number of rotatable bonds is 5. The minimum absolute atomic E-state index is 0.0593. The molecule has 0 aromatic heterocycles. The third-order valence-electron chi connectivity index (χ3n) is 5.70. The molecule has 0 bridgehead atoms. The summed E-state index contributed by atoms with van der Waals surface area (Å²) in [4.78, 5) is 15.0. The summed E-state index contributed by atoms with van der Waals surface area (Å²) >= 11 is 0. The molecule has 2 fully saturated rings. The van der Waals surface area contributed by atoms with E-state index in [1.165, 1.54) is 35.5 Å². The fraction of sp³-hybridized carbons (Fsp3) is 0.650. The normalized spacial score (nSPS) is 23.0. The van der Waals surface area contributed by atoms with E-state index in [1.807, 2.05) is 6.92 Å². The Bertz CT molecular complexity index is 742. The third-order valence-corrected chi connectivity index (χ3v) is 6.97. The molecule has 2 aliphatic heterocycles. The Labute approximate surface area is 163 Å². The molecular formula is C20H31N3O3S. The van der Waals surface area contributed by atoms with E-state index in [2.05, 4.69) is 34.5 Å². The molecule has 2 aliphatic rings. The van der Waals surface area contributed by atoms with Gasteiger partial charge in [0.1, 0.15) is 0 Å². The Morgan fingerprint density at radius 3 is 2.37 bits per heavy atom. The molecule has 0 spiro atoms. The summed E-state index contributed by atoms with van der Waals surface area (Å²) in [5.41, 5.74) is 2.31. The maximum absolute atomic E-state index is 12.6. The van der Waals surface area contributed by atoms with Crippen LogP contribution in [0.25, 0.3) is 0 Å². The molecule has 1 N–H and O–H groups in total. The first-order valence-corrected chi connectivity index (χ1v) is 11.8. The van der Waals surface area contributed by atoms with Crippen molar-refractivity contribution in [3.05, 3.63) is 29.8 Å². The number of anilines is 1. The van der Waals surface area contributed by atoms with Crippen LogP contribution >= 0.6 is 0 Å². The van der Waals surface area contributed by atoms with E-state index in [-0.39, 0.29) is 24.4 Å². The summed E-state index contributed by atoms with van der Waals surface area (Å²) in [5, 5.41) is 3.06. The molecule has 0 saturated carbocycles. The fourth-order valence-corrected chi connectivity index (χ4v) is 4.91. The standard InChI is InChI=1S/C20H31N3O3S/c1-16(17-8-10-19(11-9-17)22-12-4-3-5-13-22)21-20(24)18-7-6-14-23(15-18)27(2,25)26/h8-11,16,18H,3-7,12-15H2,1-2H3,(H,21,24)/t16-,18+/m1/s1. The molecule has 2 heterocycles. The second-order valence-electron chi connectivity index (χ2n) is 7.83. The molecule has 1 aromatic carbocycles. The van der Waals surface area contributed by atoms with Crippen molar-refractivity contribution in [2.75, 3.05) is 37.3 Å². The number of hydrogen-bond acceptors (Lipinski definition) is 4. The van der Waals surface area contributed by atoms with E-state index in [4.69, 9.17) is 0 Å². The number of nitrogens with one attached hydrogen (secondary N) is 1. The SMILES string of the molecule is C[C@@H](NC(=O)[C@H]1CCCN(S(C)(=O)=O)C1)c1ccc(N2CCCCC2)cc1. The van der Waals surface area contributed by atoms with Gasteiger partial charge in [-0.15, -0.1) is 0 Å². The first kappa shape index (κ1) is 20.1. The second-order valence-corrected chi connectivity index (χ2v) is 9.81. The number of carbonyl (C=O) groups excluding carboxylic acids is 1. The van der Waals surface area contributed by atoms with Gasteiger partial charge in [-0.05, 0) is 56.7 Å². The van der Waals surface area contributed by atoms with Crippen LogP contribution in [0, 0.1) is 5.92 Å². The highest BCUT2D eigenvalue weighted by Gasteiger charge is 2.30. The highest BCUT2D eigenvalue weighted by molar-refractivity contribution is 7.88. The zero-order valence-corrected chi connectivity index (χ0v) is 17.2. The molecule has 2 saturated heterocycles. The van der Waals surface area contributed by atoms with Crippen LogP contribution in [0.1, 0.15) is 50.6 Å². The minimum atomic E-state index is -3.24. The monoisotopic (exact) mass is 393 g/mol. The molecule has 150 valence electrons. The van der Waals surface area contributed by atoms with Gasteiger partial charge in [-0.1, -0.05) is 12.1 Å². The largest absolute Gasteiger partial charge is 0.372 e. The maximum Gasteiger partial charge on any atom is 0.224 e. The van der Waals surface area contributed by atoms with Gasteiger partial charge in [-0.3, -0.25) is 4.79 Å². The Morgan fingerprint density at radius 1 is 1.07 bits per heavy atom. The summed E-state index contributed by atoms with van der Waals surface area (Å²) in [5.74, 6) is -0.334. The van der Waals surface area contributed by atoms with Gasteiger partial charge in [0, 0.05) is 31.9 Å². The van der Waals surface area contributed by atoms with E-state index >= 15 is 0 Å². The highest BCUT2D eigenvalue weighted by Crippen LogP contribution is 2.24. The lowest BCUT2D eigenvalue weighted by atomic mass is 9.97. The van der Waals surface area contributed by atoms with Crippen molar-refractivity contribution in [1.82, 2.24) is 9.62 Å². The van der Waals surface area contributed by atoms with Crippen molar-refractivity contribution >= 4 is 21.6 Å². The number of carbonyl (C=O) groups is 1. The Balaban J connectivity index is 1.57. The molecule has 7 heteroatoms. The van der Waals surface area contributed by atoms with Gasteiger partial charge in [-0.25, -0.2) is 12.7 Å². The van der Waals surface area contributed by atoms with E-state index in [9.17, 15) is 13.2 Å².